The van der Waals surface area contributed by atoms with Gasteiger partial charge in [-0.1, -0.05) is 0 Å². The van der Waals surface area contributed by atoms with Crippen LogP contribution in [0.4, 0.5) is 0 Å². The molecular formula is C13H22N2O. The molecule has 16 heavy (non-hydrogen) atoms. The molecule has 3 bridgehead atoms. The van der Waals surface area contributed by atoms with Gasteiger partial charge < -0.3 is 11.1 Å². The highest BCUT2D eigenvalue weighted by Crippen LogP contribution is 2.55. The van der Waals surface area contributed by atoms with Gasteiger partial charge in [-0.25, -0.2) is 0 Å². The lowest BCUT2D eigenvalue weighted by Gasteiger charge is -2.38. The minimum absolute atomic E-state index is 0.113. The van der Waals surface area contributed by atoms with Crippen LogP contribution in [0.15, 0.2) is 0 Å². The van der Waals surface area contributed by atoms with Crippen molar-refractivity contribution in [2.24, 2.45) is 23.5 Å². The number of hydrogen-bond donors (Lipinski definition) is 2. The SMILES string of the molecule is CC(=O)NC12CC3CCC(N)C(C1)C(C3)C2. The summed E-state index contributed by atoms with van der Waals surface area (Å²) in [5, 5.41) is 3.24. The molecule has 0 radical (unpaired) electrons. The minimum Gasteiger partial charge on any atom is -0.351 e. The van der Waals surface area contributed by atoms with E-state index in [1.165, 1.54) is 32.1 Å². The van der Waals surface area contributed by atoms with E-state index in [1.54, 1.807) is 6.92 Å². The molecule has 3 heteroatoms. The van der Waals surface area contributed by atoms with E-state index in [4.69, 9.17) is 5.73 Å². The summed E-state index contributed by atoms with van der Waals surface area (Å²) >= 11 is 0. The van der Waals surface area contributed by atoms with E-state index < -0.39 is 0 Å². The average molecular weight is 222 g/mol. The Labute approximate surface area is 97.2 Å². The molecule has 5 unspecified atom stereocenters. The second-order valence-corrected chi connectivity index (χ2v) is 6.34. The summed E-state index contributed by atoms with van der Waals surface area (Å²) in [6.45, 7) is 1.65. The first-order valence-corrected chi connectivity index (χ1v) is 6.62. The van der Waals surface area contributed by atoms with Gasteiger partial charge in [0, 0.05) is 18.5 Å². The highest BCUT2D eigenvalue weighted by Gasteiger charge is 2.53. The van der Waals surface area contributed by atoms with Crippen molar-refractivity contribution >= 4 is 5.91 Å². The third kappa shape index (κ3) is 1.56. The number of carbonyl (C=O) groups excluding carboxylic acids is 1. The van der Waals surface area contributed by atoms with Gasteiger partial charge in [-0.05, 0) is 56.3 Å². The zero-order valence-electron chi connectivity index (χ0n) is 10.0. The van der Waals surface area contributed by atoms with E-state index in [2.05, 4.69) is 5.32 Å². The fourth-order valence-corrected chi connectivity index (χ4v) is 4.73. The highest BCUT2D eigenvalue weighted by molar-refractivity contribution is 5.74. The molecule has 3 aliphatic rings. The lowest BCUT2D eigenvalue weighted by atomic mass is 9.75. The highest BCUT2D eigenvalue weighted by atomic mass is 16.1. The molecule has 0 aromatic carbocycles. The Bertz CT molecular complexity index is 317. The maximum atomic E-state index is 11.4. The standard InChI is InChI=1S/C13H22N2O/c1-8(16)15-13-5-9-2-3-12(14)11(7-13)10(4-9)6-13/h9-12H,2-7,14H2,1H3,(H,15,16). The Morgan fingerprint density at radius 1 is 1.31 bits per heavy atom. The van der Waals surface area contributed by atoms with E-state index in [0.29, 0.717) is 12.0 Å². The Morgan fingerprint density at radius 2 is 2.12 bits per heavy atom. The van der Waals surface area contributed by atoms with E-state index in [-0.39, 0.29) is 11.4 Å². The lowest BCUT2D eigenvalue weighted by Crippen LogP contribution is -2.49. The van der Waals surface area contributed by atoms with Crippen molar-refractivity contribution < 1.29 is 4.79 Å². The molecule has 3 nitrogen and oxygen atoms in total. The fourth-order valence-electron chi connectivity index (χ4n) is 4.73. The van der Waals surface area contributed by atoms with Crippen LogP contribution in [0.3, 0.4) is 0 Å². The van der Waals surface area contributed by atoms with Crippen molar-refractivity contribution in [2.75, 3.05) is 0 Å². The van der Waals surface area contributed by atoms with Gasteiger partial charge in [0.15, 0.2) is 0 Å². The van der Waals surface area contributed by atoms with E-state index in [9.17, 15) is 4.79 Å². The Balaban J connectivity index is 1.87. The van der Waals surface area contributed by atoms with Gasteiger partial charge in [-0.15, -0.1) is 0 Å². The normalized spacial score (nSPS) is 50.1. The molecule has 3 N–H and O–H groups in total. The van der Waals surface area contributed by atoms with Crippen LogP contribution in [0.2, 0.25) is 0 Å². The first-order valence-electron chi connectivity index (χ1n) is 6.62. The fraction of sp³-hybridized carbons (Fsp3) is 0.923. The van der Waals surface area contributed by atoms with Gasteiger partial charge in [0.25, 0.3) is 0 Å². The van der Waals surface area contributed by atoms with Crippen LogP contribution in [-0.2, 0) is 4.79 Å². The molecule has 3 fully saturated rings. The van der Waals surface area contributed by atoms with Crippen molar-refractivity contribution in [3.05, 3.63) is 0 Å². The van der Waals surface area contributed by atoms with Gasteiger partial charge >= 0.3 is 0 Å². The molecule has 0 spiro atoms. The van der Waals surface area contributed by atoms with Gasteiger partial charge in [0.2, 0.25) is 5.91 Å². The molecule has 90 valence electrons. The topological polar surface area (TPSA) is 55.1 Å². The molecule has 0 heterocycles. The number of nitrogens with one attached hydrogen (secondary N) is 1. The summed E-state index contributed by atoms with van der Waals surface area (Å²) < 4.78 is 0. The van der Waals surface area contributed by atoms with Crippen molar-refractivity contribution in [3.63, 3.8) is 0 Å². The van der Waals surface area contributed by atoms with E-state index in [1.807, 2.05) is 0 Å². The van der Waals surface area contributed by atoms with Crippen LogP contribution >= 0.6 is 0 Å². The minimum atomic E-state index is 0.113. The van der Waals surface area contributed by atoms with Crippen molar-refractivity contribution in [2.45, 2.75) is 57.0 Å². The second-order valence-electron chi connectivity index (χ2n) is 6.34. The van der Waals surface area contributed by atoms with E-state index in [0.717, 1.165) is 18.3 Å². The zero-order chi connectivity index (χ0) is 11.3. The molecule has 0 aromatic rings. The molecule has 3 rings (SSSR count). The van der Waals surface area contributed by atoms with Crippen molar-refractivity contribution in [1.82, 2.24) is 5.32 Å². The lowest BCUT2D eigenvalue weighted by molar-refractivity contribution is -0.121. The summed E-state index contributed by atoms with van der Waals surface area (Å²) in [5.74, 6) is 2.39. The summed E-state index contributed by atoms with van der Waals surface area (Å²) in [7, 11) is 0. The Morgan fingerprint density at radius 3 is 2.88 bits per heavy atom. The third-order valence-corrected chi connectivity index (χ3v) is 5.10. The number of amides is 1. The smallest absolute Gasteiger partial charge is 0.217 e. The van der Waals surface area contributed by atoms with Crippen molar-refractivity contribution in [3.8, 4) is 0 Å². The van der Waals surface area contributed by atoms with Gasteiger partial charge in [-0.2, -0.15) is 0 Å². The third-order valence-electron chi connectivity index (χ3n) is 5.10. The summed E-state index contributed by atoms with van der Waals surface area (Å²) in [4.78, 5) is 11.4. The van der Waals surface area contributed by atoms with Crippen LogP contribution in [0.1, 0.15) is 45.4 Å². The molecule has 3 aliphatic carbocycles. The molecule has 3 saturated carbocycles. The number of nitrogens with two attached hydrogens (primary N) is 1. The van der Waals surface area contributed by atoms with Gasteiger partial charge in [0.1, 0.15) is 0 Å². The Hall–Kier alpha value is -0.570. The number of fused-ring (bicyclic) bond motifs is 2. The predicted octanol–water partition coefficient (Wildman–Crippen LogP) is 1.42. The molecule has 1 amide bonds. The summed E-state index contributed by atoms with van der Waals surface area (Å²) in [5.41, 5.74) is 6.39. The average Bonchev–Trinajstić information content (AvgIpc) is 2.39. The van der Waals surface area contributed by atoms with Gasteiger partial charge in [-0.3, -0.25) is 4.79 Å². The van der Waals surface area contributed by atoms with Crippen molar-refractivity contribution in [1.29, 1.82) is 0 Å². The number of carbonyl (C=O) groups is 1. The largest absolute Gasteiger partial charge is 0.351 e. The molecule has 5 atom stereocenters. The number of hydrogen-bond acceptors (Lipinski definition) is 2. The van der Waals surface area contributed by atoms with Crippen LogP contribution in [0.25, 0.3) is 0 Å². The maximum absolute atomic E-state index is 11.4. The van der Waals surface area contributed by atoms with Crippen LogP contribution < -0.4 is 11.1 Å². The molecular weight excluding hydrogens is 200 g/mol. The zero-order valence-corrected chi connectivity index (χ0v) is 10.0. The van der Waals surface area contributed by atoms with Crippen LogP contribution in [0.5, 0.6) is 0 Å². The van der Waals surface area contributed by atoms with Crippen LogP contribution in [0, 0.1) is 17.8 Å². The molecule has 0 aliphatic heterocycles. The monoisotopic (exact) mass is 222 g/mol. The van der Waals surface area contributed by atoms with Gasteiger partial charge in [0.05, 0.1) is 0 Å². The number of rotatable bonds is 1. The predicted molar refractivity (Wildman–Crippen MR) is 62.7 cm³/mol. The maximum Gasteiger partial charge on any atom is 0.217 e. The molecule has 0 aromatic heterocycles. The summed E-state index contributed by atoms with van der Waals surface area (Å²) in [6.07, 6.45) is 7.35. The first-order chi connectivity index (χ1) is 7.58. The molecule has 0 saturated heterocycles. The van der Waals surface area contributed by atoms with E-state index >= 15 is 0 Å². The Kier molecular flexibility index (Phi) is 2.29. The van der Waals surface area contributed by atoms with Crippen LogP contribution in [-0.4, -0.2) is 17.5 Å². The summed E-state index contributed by atoms with van der Waals surface area (Å²) in [6, 6.07) is 0.380. The first kappa shape index (κ1) is 10.6. The quantitative estimate of drug-likeness (QED) is 0.705. The second kappa shape index (κ2) is 3.46.